The van der Waals surface area contributed by atoms with Gasteiger partial charge in [-0.15, -0.1) is 0 Å². The Morgan fingerprint density at radius 2 is 1.62 bits per heavy atom. The van der Waals surface area contributed by atoms with E-state index in [1.807, 2.05) is 24.3 Å². The van der Waals surface area contributed by atoms with Crippen molar-refractivity contribution < 1.29 is 13.9 Å². The van der Waals surface area contributed by atoms with Crippen LogP contribution in [0.2, 0.25) is 0 Å². The first kappa shape index (κ1) is 20.9. The van der Waals surface area contributed by atoms with Crippen LogP contribution in [0.25, 0.3) is 0 Å². The van der Waals surface area contributed by atoms with E-state index in [9.17, 15) is 5.11 Å². The van der Waals surface area contributed by atoms with Crippen LogP contribution in [0.4, 0.5) is 0 Å². The molecule has 0 aliphatic rings. The standard InChI is InChI=1S/C25H29NO3/c1-18(2)25(27,19(3)4)24-13-12-23(29-24)17-26(16-22-11-8-14-28-22)15-21-10-7-6-9-20(21)5/h6-14,27H,1,3,15-17H2,2,4-5H3. The zero-order valence-corrected chi connectivity index (χ0v) is 17.4. The second kappa shape index (κ2) is 8.68. The summed E-state index contributed by atoms with van der Waals surface area (Å²) in [5.41, 5.74) is 2.30. The lowest BCUT2D eigenvalue weighted by Gasteiger charge is -2.27. The SMILES string of the molecule is C=C(C)C(O)(C(=C)C)c1ccc(CN(Cc2ccco2)Cc2ccccc2C)o1. The van der Waals surface area contributed by atoms with Crippen molar-refractivity contribution in [2.75, 3.05) is 0 Å². The molecule has 1 N–H and O–H groups in total. The molecule has 0 atom stereocenters. The molecule has 0 spiro atoms. The number of nitrogens with zero attached hydrogens (tertiary/aromatic N) is 1. The summed E-state index contributed by atoms with van der Waals surface area (Å²) in [6.07, 6.45) is 1.69. The summed E-state index contributed by atoms with van der Waals surface area (Å²) in [7, 11) is 0. The van der Waals surface area contributed by atoms with Crippen LogP contribution >= 0.6 is 0 Å². The molecular weight excluding hydrogens is 362 g/mol. The molecule has 4 heteroatoms. The summed E-state index contributed by atoms with van der Waals surface area (Å²) < 4.78 is 11.6. The molecular formula is C25H29NO3. The van der Waals surface area contributed by atoms with E-state index >= 15 is 0 Å². The fourth-order valence-electron chi connectivity index (χ4n) is 3.48. The van der Waals surface area contributed by atoms with Gasteiger partial charge >= 0.3 is 0 Å². The van der Waals surface area contributed by atoms with E-state index in [2.05, 4.69) is 43.2 Å². The van der Waals surface area contributed by atoms with Crippen LogP contribution in [0.3, 0.4) is 0 Å². The van der Waals surface area contributed by atoms with Gasteiger partial charge in [0.2, 0.25) is 0 Å². The van der Waals surface area contributed by atoms with Gasteiger partial charge in [0.25, 0.3) is 0 Å². The van der Waals surface area contributed by atoms with Gasteiger partial charge in [-0.3, -0.25) is 4.90 Å². The summed E-state index contributed by atoms with van der Waals surface area (Å²) in [5, 5.41) is 11.0. The number of rotatable bonds is 9. The minimum atomic E-state index is -1.36. The topological polar surface area (TPSA) is 49.8 Å². The van der Waals surface area contributed by atoms with E-state index in [0.717, 1.165) is 18.1 Å². The Labute approximate surface area is 172 Å². The zero-order chi connectivity index (χ0) is 21.0. The van der Waals surface area contributed by atoms with Gasteiger partial charge in [-0.2, -0.15) is 0 Å². The third kappa shape index (κ3) is 4.61. The number of hydrogen-bond acceptors (Lipinski definition) is 4. The maximum absolute atomic E-state index is 11.0. The highest BCUT2D eigenvalue weighted by molar-refractivity contribution is 5.35. The van der Waals surface area contributed by atoms with E-state index in [-0.39, 0.29) is 0 Å². The lowest BCUT2D eigenvalue weighted by molar-refractivity contribution is 0.0874. The number of aryl methyl sites for hydroxylation is 1. The van der Waals surface area contributed by atoms with Gasteiger partial charge in [-0.25, -0.2) is 0 Å². The number of aliphatic hydroxyl groups is 1. The largest absolute Gasteiger partial charge is 0.468 e. The van der Waals surface area contributed by atoms with E-state index in [4.69, 9.17) is 8.83 Å². The third-order valence-corrected chi connectivity index (χ3v) is 5.25. The summed E-state index contributed by atoms with van der Waals surface area (Å²) in [5.74, 6) is 2.10. The van der Waals surface area contributed by atoms with E-state index in [1.165, 1.54) is 11.1 Å². The van der Waals surface area contributed by atoms with Crippen molar-refractivity contribution in [3.05, 3.63) is 108 Å². The molecule has 152 valence electrons. The first-order valence-electron chi connectivity index (χ1n) is 9.73. The van der Waals surface area contributed by atoms with E-state index in [0.29, 0.717) is 30.0 Å². The number of hydrogen-bond donors (Lipinski definition) is 1. The van der Waals surface area contributed by atoms with Crippen LogP contribution in [0.1, 0.15) is 42.3 Å². The molecule has 0 amide bonds. The molecule has 0 unspecified atom stereocenters. The molecule has 29 heavy (non-hydrogen) atoms. The molecule has 1 aromatic carbocycles. The molecule has 2 aromatic heterocycles. The Bertz CT molecular complexity index is 967. The summed E-state index contributed by atoms with van der Waals surface area (Å²) in [6, 6.07) is 15.9. The average molecular weight is 392 g/mol. The lowest BCUT2D eigenvalue weighted by Crippen LogP contribution is -2.27. The van der Waals surface area contributed by atoms with Crippen molar-refractivity contribution in [2.45, 2.75) is 46.0 Å². The molecule has 0 fully saturated rings. The van der Waals surface area contributed by atoms with E-state index in [1.54, 1.807) is 26.2 Å². The zero-order valence-electron chi connectivity index (χ0n) is 17.4. The average Bonchev–Trinajstić information content (AvgIpc) is 3.35. The molecule has 3 rings (SSSR count). The smallest absolute Gasteiger partial charge is 0.163 e. The third-order valence-electron chi connectivity index (χ3n) is 5.25. The van der Waals surface area contributed by atoms with Crippen LogP contribution in [0.15, 0.2) is 87.9 Å². The van der Waals surface area contributed by atoms with Crippen LogP contribution in [-0.4, -0.2) is 10.0 Å². The Morgan fingerprint density at radius 1 is 0.931 bits per heavy atom. The molecule has 3 aromatic rings. The Hall–Kier alpha value is -2.82. The second-order valence-corrected chi connectivity index (χ2v) is 7.69. The van der Waals surface area contributed by atoms with E-state index < -0.39 is 5.60 Å². The fraction of sp³-hybridized carbons (Fsp3) is 0.280. The highest BCUT2D eigenvalue weighted by Gasteiger charge is 2.35. The highest BCUT2D eigenvalue weighted by Crippen LogP contribution is 2.36. The molecule has 0 aliphatic heterocycles. The number of benzene rings is 1. The van der Waals surface area contributed by atoms with Gasteiger partial charge in [0.15, 0.2) is 5.60 Å². The Balaban J connectivity index is 1.84. The normalized spacial score (nSPS) is 11.8. The minimum absolute atomic E-state index is 0.446. The summed E-state index contributed by atoms with van der Waals surface area (Å²) in [6.45, 7) is 15.5. The maximum atomic E-state index is 11.0. The van der Waals surface area contributed by atoms with Crippen molar-refractivity contribution in [1.82, 2.24) is 4.90 Å². The molecule has 2 heterocycles. The Kier molecular flexibility index (Phi) is 6.26. The lowest BCUT2D eigenvalue weighted by atomic mass is 9.87. The summed E-state index contributed by atoms with van der Waals surface area (Å²) >= 11 is 0. The molecule has 0 saturated heterocycles. The van der Waals surface area contributed by atoms with Crippen LogP contribution < -0.4 is 0 Å². The first-order chi connectivity index (χ1) is 13.8. The van der Waals surface area contributed by atoms with Crippen molar-refractivity contribution >= 4 is 0 Å². The second-order valence-electron chi connectivity index (χ2n) is 7.69. The number of furan rings is 2. The van der Waals surface area contributed by atoms with Crippen LogP contribution in [-0.2, 0) is 25.2 Å². The fourth-order valence-corrected chi connectivity index (χ4v) is 3.48. The highest BCUT2D eigenvalue weighted by atomic mass is 16.4. The van der Waals surface area contributed by atoms with Crippen molar-refractivity contribution in [3.63, 3.8) is 0 Å². The minimum Gasteiger partial charge on any atom is -0.468 e. The predicted molar refractivity (Wildman–Crippen MR) is 115 cm³/mol. The molecule has 0 radical (unpaired) electrons. The quantitative estimate of drug-likeness (QED) is 0.474. The predicted octanol–water partition coefficient (Wildman–Crippen LogP) is 5.72. The maximum Gasteiger partial charge on any atom is 0.163 e. The van der Waals surface area contributed by atoms with Crippen LogP contribution in [0, 0.1) is 6.92 Å². The Morgan fingerprint density at radius 3 is 2.24 bits per heavy atom. The van der Waals surface area contributed by atoms with Gasteiger partial charge in [0.05, 0.1) is 19.4 Å². The van der Waals surface area contributed by atoms with Gasteiger partial charge < -0.3 is 13.9 Å². The summed E-state index contributed by atoms with van der Waals surface area (Å²) in [4.78, 5) is 2.25. The first-order valence-corrected chi connectivity index (χ1v) is 9.73. The monoisotopic (exact) mass is 391 g/mol. The molecule has 4 nitrogen and oxygen atoms in total. The van der Waals surface area contributed by atoms with Crippen molar-refractivity contribution in [2.24, 2.45) is 0 Å². The molecule has 0 saturated carbocycles. The molecule has 0 bridgehead atoms. The van der Waals surface area contributed by atoms with Gasteiger partial charge in [-0.05, 0) is 67.3 Å². The van der Waals surface area contributed by atoms with Gasteiger partial charge in [0.1, 0.15) is 17.3 Å². The van der Waals surface area contributed by atoms with Gasteiger partial charge in [0, 0.05) is 6.54 Å². The van der Waals surface area contributed by atoms with Crippen molar-refractivity contribution in [1.29, 1.82) is 0 Å². The molecule has 0 aliphatic carbocycles. The van der Waals surface area contributed by atoms with Gasteiger partial charge in [-0.1, -0.05) is 37.4 Å². The van der Waals surface area contributed by atoms with Crippen LogP contribution in [0.5, 0.6) is 0 Å². The van der Waals surface area contributed by atoms with Crippen molar-refractivity contribution in [3.8, 4) is 0 Å².